The zero-order valence-corrected chi connectivity index (χ0v) is 12.6. The Balaban J connectivity index is 2.40. The molecular weight excluding hydrogens is 358 g/mol. The molecule has 6 heteroatoms. The predicted molar refractivity (Wildman–Crippen MR) is 74.4 cm³/mol. The van der Waals surface area contributed by atoms with Gasteiger partial charge in [0.1, 0.15) is 0 Å². The van der Waals surface area contributed by atoms with Crippen LogP contribution < -0.4 is 0 Å². The molecule has 0 N–H and O–H groups in total. The first-order chi connectivity index (χ1) is 7.09. The Morgan fingerprint density at radius 2 is 2.00 bits per heavy atom. The van der Waals surface area contributed by atoms with Crippen molar-refractivity contribution in [3.05, 3.63) is 41.6 Å². The van der Waals surface area contributed by atoms with E-state index in [4.69, 9.17) is 34.8 Å². The Hall–Kier alpha value is 0.750. The molecule has 15 heavy (non-hydrogen) atoms. The largest absolute Gasteiger partial charge is 0.146 e. The van der Waals surface area contributed by atoms with E-state index in [1.807, 2.05) is 17.5 Å². The minimum atomic E-state index is 0.0150. The fourth-order valence-corrected chi connectivity index (χ4v) is 5.19. The van der Waals surface area contributed by atoms with Gasteiger partial charge in [-0.3, -0.25) is 0 Å². The highest BCUT2D eigenvalue weighted by molar-refractivity contribution is 9.09. The molecule has 0 aromatic carbocycles. The van der Waals surface area contributed by atoms with Gasteiger partial charge in [-0.05, 0) is 17.5 Å². The molecule has 1 atom stereocenters. The number of thiophene rings is 2. The number of halogens is 4. The maximum absolute atomic E-state index is 6.07. The van der Waals surface area contributed by atoms with E-state index in [2.05, 4.69) is 15.9 Å². The van der Waals surface area contributed by atoms with Crippen LogP contribution in [0.3, 0.4) is 0 Å². The van der Waals surface area contributed by atoms with E-state index < -0.39 is 0 Å². The molecule has 2 rings (SSSR count). The third-order valence-electron chi connectivity index (χ3n) is 1.83. The fourth-order valence-electron chi connectivity index (χ4n) is 1.15. The van der Waals surface area contributed by atoms with Crippen molar-refractivity contribution < 1.29 is 0 Å². The Morgan fingerprint density at radius 3 is 2.47 bits per heavy atom. The van der Waals surface area contributed by atoms with Crippen LogP contribution in [0.15, 0.2) is 17.5 Å². The first-order valence-corrected chi connectivity index (χ1v) is 7.66. The number of alkyl halides is 1. The topological polar surface area (TPSA) is 0 Å². The van der Waals surface area contributed by atoms with E-state index in [-0.39, 0.29) is 4.83 Å². The van der Waals surface area contributed by atoms with E-state index in [1.54, 1.807) is 11.3 Å². The Labute approximate surface area is 119 Å². The summed E-state index contributed by atoms with van der Waals surface area (Å²) in [5, 5.41) is 2.70. The van der Waals surface area contributed by atoms with Crippen molar-refractivity contribution in [2.24, 2.45) is 0 Å². The molecule has 2 aromatic rings. The summed E-state index contributed by atoms with van der Waals surface area (Å²) in [5.41, 5.74) is 0.969. The van der Waals surface area contributed by atoms with Crippen molar-refractivity contribution in [3.8, 4) is 0 Å². The van der Waals surface area contributed by atoms with Crippen LogP contribution in [0.5, 0.6) is 0 Å². The SMILES string of the molecule is Clc1cc(C(Br)c2sccc2Cl)c(Cl)s1. The minimum absolute atomic E-state index is 0.0150. The predicted octanol–water partition coefficient (Wildman–Crippen LogP) is 6.25. The molecular formula is C9H4BrCl3S2. The van der Waals surface area contributed by atoms with Crippen LogP contribution in [0.1, 0.15) is 15.3 Å². The molecule has 0 aliphatic carbocycles. The zero-order valence-electron chi connectivity index (χ0n) is 7.14. The number of rotatable bonds is 2. The summed E-state index contributed by atoms with van der Waals surface area (Å²) in [6, 6.07) is 3.74. The van der Waals surface area contributed by atoms with Crippen molar-refractivity contribution in [2.75, 3.05) is 0 Å². The van der Waals surface area contributed by atoms with Gasteiger partial charge in [0.15, 0.2) is 0 Å². The van der Waals surface area contributed by atoms with Crippen molar-refractivity contribution in [1.29, 1.82) is 0 Å². The maximum atomic E-state index is 6.07. The molecule has 0 saturated carbocycles. The van der Waals surface area contributed by atoms with Crippen LogP contribution in [0.25, 0.3) is 0 Å². The lowest BCUT2D eigenvalue weighted by molar-refractivity contribution is 1.25. The Bertz CT molecular complexity index is 477. The van der Waals surface area contributed by atoms with Crippen molar-refractivity contribution >= 4 is 73.4 Å². The average Bonchev–Trinajstić information content (AvgIpc) is 2.71. The normalized spacial score (nSPS) is 13.1. The molecule has 2 heterocycles. The van der Waals surface area contributed by atoms with Crippen LogP contribution in [0.2, 0.25) is 13.7 Å². The second-order valence-electron chi connectivity index (χ2n) is 2.77. The zero-order chi connectivity index (χ0) is 11.0. The highest BCUT2D eigenvalue weighted by Gasteiger charge is 2.19. The third-order valence-corrected chi connectivity index (χ3v) is 6.03. The van der Waals surface area contributed by atoms with Gasteiger partial charge in [-0.1, -0.05) is 50.7 Å². The van der Waals surface area contributed by atoms with E-state index in [1.165, 1.54) is 11.3 Å². The van der Waals surface area contributed by atoms with Crippen molar-refractivity contribution in [3.63, 3.8) is 0 Å². The molecule has 80 valence electrons. The Morgan fingerprint density at radius 1 is 1.27 bits per heavy atom. The summed E-state index contributed by atoms with van der Waals surface area (Å²) in [7, 11) is 0. The fraction of sp³-hybridized carbons (Fsp3) is 0.111. The molecule has 0 radical (unpaired) electrons. The summed E-state index contributed by atoms with van der Waals surface area (Å²) >= 11 is 24.6. The van der Waals surface area contributed by atoms with Crippen LogP contribution in [-0.4, -0.2) is 0 Å². The standard InChI is InChI=1S/C9H4BrCl3S2/c10-7(8-5(11)1-2-14-8)4-3-6(12)15-9(4)13/h1-3,7H. The highest BCUT2D eigenvalue weighted by atomic mass is 79.9. The van der Waals surface area contributed by atoms with Gasteiger partial charge in [-0.15, -0.1) is 22.7 Å². The second-order valence-corrected chi connectivity index (χ2v) is 7.33. The number of hydrogen-bond donors (Lipinski definition) is 0. The van der Waals surface area contributed by atoms with E-state index in [9.17, 15) is 0 Å². The quantitative estimate of drug-likeness (QED) is 0.554. The monoisotopic (exact) mass is 360 g/mol. The summed E-state index contributed by atoms with van der Waals surface area (Å²) in [4.78, 5) is 1.06. The maximum Gasteiger partial charge on any atom is 0.0991 e. The minimum Gasteiger partial charge on any atom is -0.146 e. The molecule has 0 amide bonds. The van der Waals surface area contributed by atoms with Gasteiger partial charge < -0.3 is 0 Å². The van der Waals surface area contributed by atoms with Gasteiger partial charge in [-0.25, -0.2) is 0 Å². The van der Waals surface area contributed by atoms with Crippen LogP contribution in [0.4, 0.5) is 0 Å². The molecule has 0 bridgehead atoms. The highest BCUT2D eigenvalue weighted by Crippen LogP contribution is 2.45. The van der Waals surface area contributed by atoms with Gasteiger partial charge in [0.2, 0.25) is 0 Å². The summed E-state index contributed by atoms with van der Waals surface area (Å²) in [6.07, 6.45) is 0. The molecule has 0 aliphatic heterocycles. The molecule has 0 aliphatic rings. The molecule has 1 unspecified atom stereocenters. The van der Waals surface area contributed by atoms with Crippen LogP contribution in [0, 0.1) is 0 Å². The Kier molecular flexibility index (Phi) is 4.03. The van der Waals surface area contributed by atoms with Gasteiger partial charge in [0.25, 0.3) is 0 Å². The average molecular weight is 363 g/mol. The van der Waals surface area contributed by atoms with Crippen LogP contribution >= 0.6 is 73.4 Å². The summed E-state index contributed by atoms with van der Waals surface area (Å²) in [6.45, 7) is 0. The molecule has 0 nitrogen and oxygen atoms in total. The van der Waals surface area contributed by atoms with Crippen LogP contribution in [-0.2, 0) is 0 Å². The first-order valence-electron chi connectivity index (χ1n) is 3.91. The van der Waals surface area contributed by atoms with E-state index in [0.717, 1.165) is 15.5 Å². The van der Waals surface area contributed by atoms with E-state index >= 15 is 0 Å². The van der Waals surface area contributed by atoms with E-state index in [0.29, 0.717) is 8.67 Å². The smallest absolute Gasteiger partial charge is 0.0991 e. The third kappa shape index (κ3) is 2.54. The molecule has 2 aromatic heterocycles. The van der Waals surface area contributed by atoms with Gasteiger partial charge in [-0.2, -0.15) is 0 Å². The lowest BCUT2D eigenvalue weighted by Gasteiger charge is -2.06. The lowest BCUT2D eigenvalue weighted by Crippen LogP contribution is -1.87. The van der Waals surface area contributed by atoms with Crippen molar-refractivity contribution in [1.82, 2.24) is 0 Å². The summed E-state index contributed by atoms with van der Waals surface area (Å²) < 4.78 is 1.39. The number of hydrogen-bond acceptors (Lipinski definition) is 2. The first kappa shape index (κ1) is 12.2. The lowest BCUT2D eigenvalue weighted by atomic mass is 10.2. The second kappa shape index (κ2) is 4.94. The molecule has 0 saturated heterocycles. The van der Waals surface area contributed by atoms with Gasteiger partial charge in [0, 0.05) is 10.4 Å². The van der Waals surface area contributed by atoms with Crippen molar-refractivity contribution in [2.45, 2.75) is 4.83 Å². The summed E-state index contributed by atoms with van der Waals surface area (Å²) in [5.74, 6) is 0. The van der Waals surface area contributed by atoms with Gasteiger partial charge in [0.05, 0.1) is 18.5 Å². The molecule has 0 spiro atoms. The van der Waals surface area contributed by atoms with Gasteiger partial charge >= 0.3 is 0 Å². The molecule has 0 fully saturated rings.